The highest BCUT2D eigenvalue weighted by atomic mass is 15.1. The van der Waals surface area contributed by atoms with Crippen LogP contribution >= 0.6 is 0 Å². The average molecular weight is 595 g/mol. The standard InChI is InChI=1S/C44H38N2/c1-27-21-28(2)23-32(22-27)45(31-16-10-15-30(24-31)29-13-8-7-9-14-29)33-25-35-34-17-11-18-36-40(34)46-41(35)39(26-33)44(5,6)38-20-12-19-37(42(38)46)43(36,3)4/h7-26H,1-6H3. The summed E-state index contributed by atoms with van der Waals surface area (Å²) in [6, 6.07) is 45.5. The summed E-state index contributed by atoms with van der Waals surface area (Å²) in [4.78, 5) is 2.47. The molecule has 1 aromatic heterocycles. The summed E-state index contributed by atoms with van der Waals surface area (Å²) in [5.74, 6) is 0. The van der Waals surface area contributed by atoms with E-state index in [1.165, 1.54) is 83.4 Å². The number of aromatic nitrogens is 1. The van der Waals surface area contributed by atoms with Gasteiger partial charge in [-0.15, -0.1) is 0 Å². The molecule has 6 aromatic carbocycles. The molecule has 9 rings (SSSR count). The monoisotopic (exact) mass is 594 g/mol. The molecule has 0 radical (unpaired) electrons. The molecule has 2 nitrogen and oxygen atoms in total. The highest BCUT2D eigenvalue weighted by Crippen LogP contribution is 2.56. The second kappa shape index (κ2) is 9.23. The number of aryl methyl sites for hydroxylation is 2. The van der Waals surface area contributed by atoms with Crippen LogP contribution in [-0.4, -0.2) is 4.57 Å². The van der Waals surface area contributed by atoms with Gasteiger partial charge in [-0.1, -0.05) is 113 Å². The maximum atomic E-state index is 2.61. The van der Waals surface area contributed by atoms with Crippen LogP contribution in [0.15, 0.2) is 121 Å². The van der Waals surface area contributed by atoms with Gasteiger partial charge >= 0.3 is 0 Å². The van der Waals surface area contributed by atoms with Crippen molar-refractivity contribution in [2.75, 3.05) is 4.90 Å². The third kappa shape index (κ3) is 3.59. The summed E-state index contributed by atoms with van der Waals surface area (Å²) >= 11 is 0. The summed E-state index contributed by atoms with van der Waals surface area (Å²) in [6.07, 6.45) is 0. The van der Waals surface area contributed by atoms with Crippen molar-refractivity contribution in [3.63, 3.8) is 0 Å². The van der Waals surface area contributed by atoms with E-state index in [2.05, 4.69) is 172 Å². The van der Waals surface area contributed by atoms with Crippen LogP contribution in [0, 0.1) is 13.8 Å². The van der Waals surface area contributed by atoms with Crippen molar-refractivity contribution in [1.29, 1.82) is 0 Å². The molecule has 0 aliphatic carbocycles. The molecule has 0 saturated carbocycles. The van der Waals surface area contributed by atoms with Crippen LogP contribution in [0.3, 0.4) is 0 Å². The molecule has 0 saturated heterocycles. The summed E-state index contributed by atoms with van der Waals surface area (Å²) in [5.41, 5.74) is 17.9. The van der Waals surface area contributed by atoms with E-state index in [1.54, 1.807) is 0 Å². The molecular formula is C44H38N2. The molecule has 46 heavy (non-hydrogen) atoms. The first-order valence-corrected chi connectivity index (χ1v) is 16.4. The molecule has 3 heterocycles. The van der Waals surface area contributed by atoms with E-state index in [9.17, 15) is 0 Å². The fourth-order valence-corrected chi connectivity index (χ4v) is 8.58. The number of hydrogen-bond donors (Lipinski definition) is 0. The lowest BCUT2D eigenvalue weighted by Crippen LogP contribution is -2.33. The predicted octanol–water partition coefficient (Wildman–Crippen LogP) is 11.8. The zero-order valence-corrected chi connectivity index (χ0v) is 27.4. The van der Waals surface area contributed by atoms with Gasteiger partial charge < -0.3 is 9.47 Å². The largest absolute Gasteiger partial charge is 0.310 e. The number of fused-ring (bicyclic) bond motifs is 1. The lowest BCUT2D eigenvalue weighted by molar-refractivity contribution is 0.593. The van der Waals surface area contributed by atoms with Crippen LogP contribution < -0.4 is 4.90 Å². The van der Waals surface area contributed by atoms with Gasteiger partial charge in [-0.2, -0.15) is 0 Å². The summed E-state index contributed by atoms with van der Waals surface area (Å²) in [5, 5.41) is 2.66. The van der Waals surface area contributed by atoms with Crippen LogP contribution in [0.25, 0.3) is 38.6 Å². The summed E-state index contributed by atoms with van der Waals surface area (Å²) < 4.78 is 2.61. The smallest absolute Gasteiger partial charge is 0.0583 e. The number of benzene rings is 6. The molecule has 0 fully saturated rings. The SMILES string of the molecule is Cc1cc(C)cc(N(c2cccc(-c3ccccc3)c2)c2cc3c4c(c2)c2cccc5c2n4-c2c(cccc2C3(C)C)C5(C)C)c1. The van der Waals surface area contributed by atoms with Crippen LogP contribution in [0.4, 0.5) is 17.1 Å². The minimum atomic E-state index is -0.183. The third-order valence-electron chi connectivity index (χ3n) is 10.8. The molecule has 0 atom stereocenters. The Kier molecular flexibility index (Phi) is 5.47. The van der Waals surface area contributed by atoms with Gasteiger partial charge in [-0.05, 0) is 94.8 Å². The third-order valence-corrected chi connectivity index (χ3v) is 10.8. The highest BCUT2D eigenvalue weighted by Gasteiger charge is 2.43. The van der Waals surface area contributed by atoms with E-state index >= 15 is 0 Å². The van der Waals surface area contributed by atoms with Gasteiger partial charge in [0.15, 0.2) is 0 Å². The minimum absolute atomic E-state index is 0.0886. The molecule has 2 heteroatoms. The lowest BCUT2D eigenvalue weighted by Gasteiger charge is -2.42. The molecule has 0 bridgehead atoms. The van der Waals surface area contributed by atoms with E-state index in [1.807, 2.05) is 0 Å². The van der Waals surface area contributed by atoms with Crippen molar-refractivity contribution in [2.45, 2.75) is 52.4 Å². The topological polar surface area (TPSA) is 8.17 Å². The second-order valence-corrected chi connectivity index (χ2v) is 14.5. The molecule has 0 spiro atoms. The Morgan fingerprint density at radius 3 is 1.78 bits per heavy atom. The Labute approximate surface area is 271 Å². The first kappa shape index (κ1) is 27.2. The summed E-state index contributed by atoms with van der Waals surface area (Å²) in [7, 11) is 0. The van der Waals surface area contributed by atoms with Crippen LogP contribution in [0.5, 0.6) is 0 Å². The van der Waals surface area contributed by atoms with Gasteiger partial charge in [0.2, 0.25) is 0 Å². The van der Waals surface area contributed by atoms with Gasteiger partial charge in [0.1, 0.15) is 0 Å². The Balaban J connectivity index is 1.40. The molecule has 0 amide bonds. The Bertz CT molecular complexity index is 2370. The van der Waals surface area contributed by atoms with Gasteiger partial charge in [-0.3, -0.25) is 0 Å². The molecule has 2 aliphatic heterocycles. The van der Waals surface area contributed by atoms with Gasteiger partial charge in [0, 0.05) is 38.7 Å². The number of rotatable bonds is 4. The molecular weight excluding hydrogens is 556 g/mol. The normalized spacial score (nSPS) is 15.1. The van der Waals surface area contributed by atoms with Crippen LogP contribution in [0.1, 0.15) is 61.1 Å². The second-order valence-electron chi connectivity index (χ2n) is 14.5. The average Bonchev–Trinajstić information content (AvgIpc) is 3.38. The van der Waals surface area contributed by atoms with Crippen molar-refractivity contribution in [1.82, 2.24) is 4.57 Å². The Morgan fingerprint density at radius 1 is 0.457 bits per heavy atom. The van der Waals surface area contributed by atoms with E-state index < -0.39 is 0 Å². The van der Waals surface area contributed by atoms with Gasteiger partial charge in [0.25, 0.3) is 0 Å². The van der Waals surface area contributed by atoms with Crippen molar-refractivity contribution in [3.05, 3.63) is 155 Å². The zero-order valence-electron chi connectivity index (χ0n) is 27.4. The van der Waals surface area contributed by atoms with E-state index in [-0.39, 0.29) is 10.8 Å². The number of nitrogens with zero attached hydrogens (tertiary/aromatic N) is 2. The van der Waals surface area contributed by atoms with E-state index in [0.717, 1.165) is 5.69 Å². The Hall–Kier alpha value is -5.08. The number of para-hydroxylation sites is 2. The van der Waals surface area contributed by atoms with Crippen molar-refractivity contribution < 1.29 is 0 Å². The van der Waals surface area contributed by atoms with Gasteiger partial charge in [0.05, 0.1) is 16.7 Å². The van der Waals surface area contributed by atoms with Crippen molar-refractivity contribution in [3.8, 4) is 16.8 Å². The summed E-state index contributed by atoms with van der Waals surface area (Å²) in [6.45, 7) is 14.0. The van der Waals surface area contributed by atoms with Crippen molar-refractivity contribution in [2.24, 2.45) is 0 Å². The molecule has 2 aliphatic rings. The fourth-order valence-electron chi connectivity index (χ4n) is 8.58. The quantitative estimate of drug-likeness (QED) is 0.197. The zero-order chi connectivity index (χ0) is 31.5. The van der Waals surface area contributed by atoms with E-state index in [0.29, 0.717) is 0 Å². The number of hydrogen-bond acceptors (Lipinski definition) is 1. The maximum Gasteiger partial charge on any atom is 0.0583 e. The Morgan fingerprint density at radius 2 is 1.04 bits per heavy atom. The fraction of sp³-hybridized carbons (Fsp3) is 0.182. The molecule has 7 aromatic rings. The number of anilines is 3. The first-order chi connectivity index (χ1) is 22.1. The lowest BCUT2D eigenvalue weighted by atomic mass is 9.68. The van der Waals surface area contributed by atoms with Gasteiger partial charge in [-0.25, -0.2) is 0 Å². The van der Waals surface area contributed by atoms with E-state index in [4.69, 9.17) is 0 Å². The van der Waals surface area contributed by atoms with Crippen LogP contribution in [-0.2, 0) is 10.8 Å². The molecule has 0 N–H and O–H groups in total. The maximum absolute atomic E-state index is 2.61. The van der Waals surface area contributed by atoms with Crippen molar-refractivity contribution >= 4 is 38.9 Å². The first-order valence-electron chi connectivity index (χ1n) is 16.4. The predicted molar refractivity (Wildman–Crippen MR) is 195 cm³/mol. The molecule has 224 valence electrons. The molecule has 0 unspecified atom stereocenters. The minimum Gasteiger partial charge on any atom is -0.310 e. The highest BCUT2D eigenvalue weighted by molar-refractivity contribution is 6.15. The van der Waals surface area contributed by atoms with Crippen LogP contribution in [0.2, 0.25) is 0 Å².